The number of alkyl halides is 3. The molecule has 0 aromatic carbocycles. The van der Waals surface area contributed by atoms with Crippen LogP contribution in [-0.2, 0) is 16.2 Å². The van der Waals surface area contributed by atoms with E-state index in [-0.39, 0.29) is 21.5 Å². The van der Waals surface area contributed by atoms with E-state index in [0.29, 0.717) is 12.3 Å². The van der Waals surface area contributed by atoms with Crippen molar-refractivity contribution in [1.82, 2.24) is 14.1 Å². The third-order valence-corrected chi connectivity index (χ3v) is 5.47. The van der Waals surface area contributed by atoms with Gasteiger partial charge in [-0.15, -0.1) is 0 Å². The third-order valence-electron chi connectivity index (χ3n) is 3.84. The average Bonchev–Trinajstić information content (AvgIpc) is 2.89. The van der Waals surface area contributed by atoms with Gasteiger partial charge in [-0.3, -0.25) is 4.79 Å². The highest BCUT2D eigenvalue weighted by Gasteiger charge is 2.32. The van der Waals surface area contributed by atoms with Crippen molar-refractivity contribution >= 4 is 33.2 Å². The van der Waals surface area contributed by atoms with Gasteiger partial charge in [-0.2, -0.15) is 13.2 Å². The van der Waals surface area contributed by atoms with Crippen molar-refractivity contribution in [2.24, 2.45) is 5.92 Å². The first kappa shape index (κ1) is 20.2. The van der Waals surface area contributed by atoms with Crippen molar-refractivity contribution in [3.05, 3.63) is 70.0 Å². The fourth-order valence-corrected chi connectivity index (χ4v) is 3.67. The van der Waals surface area contributed by atoms with Gasteiger partial charge in [-0.05, 0) is 24.1 Å². The van der Waals surface area contributed by atoms with Crippen molar-refractivity contribution in [2.75, 3.05) is 0 Å². The molecule has 1 unspecified atom stereocenters. The summed E-state index contributed by atoms with van der Waals surface area (Å²) in [5, 5.41) is -0.328. The van der Waals surface area contributed by atoms with Crippen LogP contribution < -0.4 is 4.72 Å². The number of nitrogens with zero attached hydrogens (tertiary/aromatic N) is 2. The van der Waals surface area contributed by atoms with E-state index in [1.807, 2.05) is 11.6 Å². The van der Waals surface area contributed by atoms with Gasteiger partial charge in [0, 0.05) is 12.4 Å². The number of sulfonamides is 1. The van der Waals surface area contributed by atoms with Gasteiger partial charge < -0.3 is 4.40 Å². The lowest BCUT2D eigenvalue weighted by atomic mass is 10.2. The van der Waals surface area contributed by atoms with Crippen LogP contribution in [0.2, 0.25) is 5.02 Å². The molecule has 2 aromatic heterocycles. The van der Waals surface area contributed by atoms with E-state index in [1.54, 1.807) is 18.2 Å². The summed E-state index contributed by atoms with van der Waals surface area (Å²) < 4.78 is 66.2. The molecule has 1 N–H and O–H groups in total. The van der Waals surface area contributed by atoms with E-state index < -0.39 is 33.4 Å². The summed E-state index contributed by atoms with van der Waals surface area (Å²) in [6.45, 7) is 1.85. The zero-order valence-corrected chi connectivity index (χ0v) is 15.8. The Morgan fingerprint density at radius 3 is 2.68 bits per heavy atom. The number of fused-ring (bicyclic) bond motifs is 1. The molecule has 0 saturated heterocycles. The topological polar surface area (TPSA) is 80.5 Å². The molecule has 0 saturated carbocycles. The summed E-state index contributed by atoms with van der Waals surface area (Å²) in [6.07, 6.45) is 4.68. The Labute approximate surface area is 163 Å². The highest BCUT2D eigenvalue weighted by molar-refractivity contribution is 7.94. The Balaban J connectivity index is 1.92. The number of nitrogens with one attached hydrogen (secondary N) is 1. The van der Waals surface area contributed by atoms with Crippen molar-refractivity contribution in [2.45, 2.75) is 13.1 Å². The van der Waals surface area contributed by atoms with Crippen LogP contribution >= 0.6 is 11.6 Å². The van der Waals surface area contributed by atoms with E-state index in [2.05, 4.69) is 4.98 Å². The number of carbonyl (C=O) groups is 1. The molecule has 2 aromatic rings. The number of hydrogen-bond acceptors (Lipinski definition) is 4. The second-order valence-corrected chi connectivity index (χ2v) is 8.13. The molecule has 2 heterocycles. The monoisotopic (exact) mass is 431 g/mol. The van der Waals surface area contributed by atoms with E-state index >= 15 is 0 Å². The van der Waals surface area contributed by atoms with Gasteiger partial charge in [0.1, 0.15) is 5.69 Å². The van der Waals surface area contributed by atoms with Crippen LogP contribution in [0.25, 0.3) is 5.65 Å². The number of amides is 1. The largest absolute Gasteiger partial charge is 0.417 e. The first-order chi connectivity index (χ1) is 13.0. The molecule has 0 spiro atoms. The summed E-state index contributed by atoms with van der Waals surface area (Å²) in [6, 6.07) is 0.678. The van der Waals surface area contributed by atoms with E-state index in [1.165, 1.54) is 12.2 Å². The molecule has 0 aliphatic heterocycles. The molecule has 0 radical (unpaired) electrons. The normalized spacial score (nSPS) is 17.5. The number of pyridine rings is 1. The molecule has 1 aliphatic rings. The maximum atomic E-state index is 12.9. The molecular weight excluding hydrogens is 419 g/mol. The molecule has 148 valence electrons. The Kier molecular flexibility index (Phi) is 5.11. The van der Waals surface area contributed by atoms with Gasteiger partial charge >= 0.3 is 6.18 Å². The second kappa shape index (κ2) is 7.10. The lowest BCUT2D eigenvalue weighted by Gasteiger charge is -2.07. The minimum atomic E-state index is -4.64. The molecule has 0 fully saturated rings. The number of carbonyl (C=O) groups excluding carboxylic acids is 1. The van der Waals surface area contributed by atoms with Gasteiger partial charge in [0.15, 0.2) is 5.65 Å². The lowest BCUT2D eigenvalue weighted by molar-refractivity contribution is -0.137. The van der Waals surface area contributed by atoms with Crippen molar-refractivity contribution in [1.29, 1.82) is 0 Å². The van der Waals surface area contributed by atoms with E-state index in [9.17, 15) is 26.4 Å². The fourth-order valence-electron chi connectivity index (χ4n) is 2.43. The summed E-state index contributed by atoms with van der Waals surface area (Å²) in [4.78, 5) is 16.0. The maximum Gasteiger partial charge on any atom is 0.417 e. The van der Waals surface area contributed by atoms with Crippen LogP contribution in [0.15, 0.2) is 53.7 Å². The summed E-state index contributed by atoms with van der Waals surface area (Å²) in [5.41, 5.74) is -1.54. The van der Waals surface area contributed by atoms with Crippen LogP contribution in [0, 0.1) is 5.92 Å². The van der Waals surface area contributed by atoms with Crippen molar-refractivity contribution < 1.29 is 26.4 Å². The number of halogens is 4. The zero-order chi connectivity index (χ0) is 20.7. The smallest absolute Gasteiger partial charge is 0.304 e. The van der Waals surface area contributed by atoms with E-state index in [0.717, 1.165) is 10.6 Å². The molecular formula is C17H13ClF3N3O3S. The number of imidazole rings is 1. The van der Waals surface area contributed by atoms with E-state index in [4.69, 9.17) is 11.6 Å². The lowest BCUT2D eigenvalue weighted by Crippen LogP contribution is -2.31. The van der Waals surface area contributed by atoms with Crippen molar-refractivity contribution in [3.8, 4) is 0 Å². The zero-order valence-electron chi connectivity index (χ0n) is 14.2. The van der Waals surface area contributed by atoms with Crippen LogP contribution in [0.3, 0.4) is 0 Å². The summed E-state index contributed by atoms with van der Waals surface area (Å²) in [5.74, 6) is -1.08. The van der Waals surface area contributed by atoms with Gasteiger partial charge in [0.2, 0.25) is 0 Å². The van der Waals surface area contributed by atoms with Crippen LogP contribution in [0.5, 0.6) is 0 Å². The summed E-state index contributed by atoms with van der Waals surface area (Å²) in [7, 11) is -4.20. The number of aromatic nitrogens is 2. The molecule has 1 atom stereocenters. The number of rotatable bonds is 3. The minimum absolute atomic E-state index is 0.0167. The van der Waals surface area contributed by atoms with Gasteiger partial charge in [-0.25, -0.2) is 18.1 Å². The van der Waals surface area contributed by atoms with Crippen molar-refractivity contribution in [3.63, 3.8) is 0 Å². The fraction of sp³-hybridized carbons (Fsp3) is 0.176. The number of allylic oxidation sites excluding steroid dienone is 5. The maximum absolute atomic E-state index is 12.9. The molecule has 1 aliphatic carbocycles. The standard InChI is InChI=1S/C17H13ClF3N3O3S/c1-10-3-2-4-12(6-5-10)28(26,27)23-16(25)14-9-24-8-11(17(19,20)21)7-13(18)15(24)22-14/h2-10H,1H3,(H,23,25). The highest BCUT2D eigenvalue weighted by Crippen LogP contribution is 2.32. The van der Waals surface area contributed by atoms with Crippen LogP contribution in [0.1, 0.15) is 23.0 Å². The van der Waals surface area contributed by atoms with Gasteiger partial charge in [0.25, 0.3) is 15.9 Å². The molecule has 1 amide bonds. The average molecular weight is 432 g/mol. The predicted molar refractivity (Wildman–Crippen MR) is 97.1 cm³/mol. The molecule has 11 heteroatoms. The quantitative estimate of drug-likeness (QED) is 0.803. The van der Waals surface area contributed by atoms with Crippen LogP contribution in [0.4, 0.5) is 13.2 Å². The van der Waals surface area contributed by atoms with Gasteiger partial charge in [-0.1, -0.05) is 36.8 Å². The summed E-state index contributed by atoms with van der Waals surface area (Å²) >= 11 is 5.81. The third kappa shape index (κ3) is 4.12. The first-order valence-corrected chi connectivity index (χ1v) is 9.73. The SMILES string of the molecule is CC1C=CC=C(S(=O)(=O)NC(=O)c2cn3cc(C(F)(F)F)cc(Cl)c3n2)C=C1. The molecule has 0 bridgehead atoms. The Hall–Kier alpha value is -2.59. The predicted octanol–water partition coefficient (Wildman–Crippen LogP) is 3.71. The Morgan fingerprint density at radius 2 is 2.00 bits per heavy atom. The van der Waals surface area contributed by atoms with Gasteiger partial charge in [0.05, 0.1) is 15.5 Å². The van der Waals surface area contributed by atoms with Crippen LogP contribution in [-0.4, -0.2) is 23.7 Å². The Bertz CT molecular complexity index is 1150. The molecule has 6 nitrogen and oxygen atoms in total. The second-order valence-electron chi connectivity index (χ2n) is 6.04. The Morgan fingerprint density at radius 1 is 1.29 bits per heavy atom. The molecule has 28 heavy (non-hydrogen) atoms. The molecule has 3 rings (SSSR count). The first-order valence-electron chi connectivity index (χ1n) is 7.86. The number of hydrogen-bond donors (Lipinski definition) is 1. The minimum Gasteiger partial charge on any atom is -0.304 e. The highest BCUT2D eigenvalue weighted by atomic mass is 35.5.